The van der Waals surface area contributed by atoms with Crippen molar-refractivity contribution in [3.63, 3.8) is 0 Å². The van der Waals surface area contributed by atoms with Gasteiger partial charge in [0.15, 0.2) is 0 Å². The molecule has 1 atom stereocenters. The third-order valence-corrected chi connectivity index (χ3v) is 6.24. The number of carbonyl (C=O) groups is 3. The number of likely N-dealkylation sites (tertiary alicyclic amines) is 1. The summed E-state index contributed by atoms with van der Waals surface area (Å²) in [6.45, 7) is 6.74. The van der Waals surface area contributed by atoms with Gasteiger partial charge < -0.3 is 19.3 Å². The number of amides is 3. The molecule has 3 amide bonds. The molecule has 0 spiro atoms. The smallest absolute Gasteiger partial charge is 0.253 e. The van der Waals surface area contributed by atoms with E-state index in [4.69, 9.17) is 0 Å². The fraction of sp³-hybridized carbons (Fsp3) is 0.458. The minimum atomic E-state index is -0.265. The van der Waals surface area contributed by atoms with E-state index >= 15 is 0 Å². The molecule has 2 aliphatic rings. The Morgan fingerprint density at radius 1 is 0.935 bits per heavy atom. The Labute approximate surface area is 183 Å². The van der Waals surface area contributed by atoms with E-state index in [9.17, 15) is 14.4 Å². The molecule has 164 valence electrons. The van der Waals surface area contributed by atoms with Crippen LogP contribution in [0.25, 0.3) is 5.69 Å². The van der Waals surface area contributed by atoms with Crippen molar-refractivity contribution in [3.05, 3.63) is 54.4 Å². The molecule has 1 aromatic heterocycles. The molecule has 2 aliphatic heterocycles. The van der Waals surface area contributed by atoms with Gasteiger partial charge in [-0.05, 0) is 56.7 Å². The van der Waals surface area contributed by atoms with E-state index in [1.165, 1.54) is 0 Å². The van der Waals surface area contributed by atoms with E-state index in [-0.39, 0.29) is 29.7 Å². The zero-order chi connectivity index (χ0) is 22.0. The first-order chi connectivity index (χ1) is 14.9. The van der Waals surface area contributed by atoms with Crippen LogP contribution in [-0.2, 0) is 9.59 Å². The largest absolute Gasteiger partial charge is 0.341 e. The lowest BCUT2D eigenvalue weighted by atomic mass is 10.1. The molecule has 4 rings (SSSR count). The van der Waals surface area contributed by atoms with Crippen LogP contribution in [0.2, 0.25) is 0 Å². The van der Waals surface area contributed by atoms with Crippen molar-refractivity contribution in [2.24, 2.45) is 5.92 Å². The molecule has 3 heterocycles. The first kappa shape index (κ1) is 21.2. The predicted octanol–water partition coefficient (Wildman–Crippen LogP) is 2.41. The highest BCUT2D eigenvalue weighted by molar-refractivity contribution is 5.94. The summed E-state index contributed by atoms with van der Waals surface area (Å²) < 4.78 is 2.00. The van der Waals surface area contributed by atoms with E-state index in [0.717, 1.165) is 12.1 Å². The van der Waals surface area contributed by atoms with Crippen LogP contribution in [0.1, 0.15) is 37.0 Å². The van der Waals surface area contributed by atoms with E-state index in [1.54, 1.807) is 4.90 Å². The number of nitrogens with zero attached hydrogens (tertiary/aromatic N) is 4. The molecule has 0 aliphatic carbocycles. The number of rotatable bonds is 4. The molecule has 2 saturated heterocycles. The average molecular weight is 423 g/mol. The Morgan fingerprint density at radius 2 is 1.58 bits per heavy atom. The molecule has 0 bridgehead atoms. The van der Waals surface area contributed by atoms with E-state index in [1.807, 2.05) is 77.0 Å². The quantitative estimate of drug-likeness (QED) is 0.760. The maximum atomic E-state index is 13.0. The maximum Gasteiger partial charge on any atom is 0.253 e. The van der Waals surface area contributed by atoms with Crippen molar-refractivity contribution >= 4 is 17.7 Å². The molecular weight excluding hydrogens is 392 g/mol. The second-order valence-electron chi connectivity index (χ2n) is 8.65. The highest BCUT2D eigenvalue weighted by atomic mass is 16.2. The molecule has 0 radical (unpaired) electrons. The van der Waals surface area contributed by atoms with Crippen LogP contribution in [0, 0.1) is 5.92 Å². The van der Waals surface area contributed by atoms with Crippen LogP contribution < -0.4 is 0 Å². The molecule has 1 unspecified atom stereocenters. The van der Waals surface area contributed by atoms with Crippen LogP contribution in [0.4, 0.5) is 0 Å². The number of hydrogen-bond acceptors (Lipinski definition) is 3. The second kappa shape index (κ2) is 8.96. The summed E-state index contributed by atoms with van der Waals surface area (Å²) in [5.74, 6) is -0.168. The lowest BCUT2D eigenvalue weighted by Crippen LogP contribution is -2.41. The van der Waals surface area contributed by atoms with Gasteiger partial charge in [-0.25, -0.2) is 0 Å². The second-order valence-corrected chi connectivity index (χ2v) is 8.65. The minimum Gasteiger partial charge on any atom is -0.341 e. The van der Waals surface area contributed by atoms with Gasteiger partial charge in [-0.1, -0.05) is 0 Å². The summed E-state index contributed by atoms with van der Waals surface area (Å²) in [5, 5.41) is 0. The Kier molecular flexibility index (Phi) is 6.11. The van der Waals surface area contributed by atoms with Gasteiger partial charge in [-0.3, -0.25) is 14.4 Å². The standard InChI is InChI=1S/C24H30N4O3/c1-18(2)28-17-20(16-22(28)29)24(31)27-13-5-12-26(14-15-27)23(30)19-6-8-21(9-7-19)25-10-3-4-11-25/h3-4,6-11,18,20H,5,12-17H2,1-2H3. The van der Waals surface area contributed by atoms with Gasteiger partial charge in [-0.2, -0.15) is 0 Å². The van der Waals surface area contributed by atoms with Crippen LogP contribution >= 0.6 is 0 Å². The zero-order valence-electron chi connectivity index (χ0n) is 18.2. The summed E-state index contributed by atoms with van der Waals surface area (Å²) in [5.41, 5.74) is 1.67. The molecule has 0 N–H and O–H groups in total. The monoisotopic (exact) mass is 422 g/mol. The van der Waals surface area contributed by atoms with Gasteiger partial charge in [0.1, 0.15) is 0 Å². The lowest BCUT2D eigenvalue weighted by Gasteiger charge is -2.25. The lowest BCUT2D eigenvalue weighted by molar-refractivity contribution is -0.135. The molecular formula is C24H30N4O3. The number of aromatic nitrogens is 1. The van der Waals surface area contributed by atoms with Crippen LogP contribution in [-0.4, -0.2) is 75.8 Å². The summed E-state index contributed by atoms with van der Waals surface area (Å²) >= 11 is 0. The zero-order valence-corrected chi connectivity index (χ0v) is 18.2. The number of benzene rings is 1. The Balaban J connectivity index is 1.36. The average Bonchev–Trinajstić information content (AvgIpc) is 3.37. The van der Waals surface area contributed by atoms with Crippen molar-refractivity contribution in [3.8, 4) is 5.69 Å². The topological polar surface area (TPSA) is 65.9 Å². The number of carbonyl (C=O) groups excluding carboxylic acids is 3. The Bertz CT molecular complexity index is 936. The third kappa shape index (κ3) is 4.50. The molecule has 2 aromatic rings. The summed E-state index contributed by atoms with van der Waals surface area (Å²) in [6.07, 6.45) is 4.97. The maximum absolute atomic E-state index is 13.0. The van der Waals surface area contributed by atoms with Crippen LogP contribution in [0.3, 0.4) is 0 Å². The van der Waals surface area contributed by atoms with Crippen LogP contribution in [0.5, 0.6) is 0 Å². The molecule has 2 fully saturated rings. The molecule has 7 nitrogen and oxygen atoms in total. The summed E-state index contributed by atoms with van der Waals surface area (Å²) in [4.78, 5) is 43.6. The molecule has 0 saturated carbocycles. The van der Waals surface area contributed by atoms with E-state index in [0.29, 0.717) is 44.7 Å². The first-order valence-corrected chi connectivity index (χ1v) is 11.0. The van der Waals surface area contributed by atoms with E-state index in [2.05, 4.69) is 0 Å². The summed E-state index contributed by atoms with van der Waals surface area (Å²) in [7, 11) is 0. The van der Waals surface area contributed by atoms with Crippen molar-refractivity contribution in [2.75, 3.05) is 32.7 Å². The normalized spacial score (nSPS) is 19.8. The van der Waals surface area contributed by atoms with Crippen LogP contribution in [0.15, 0.2) is 48.8 Å². The first-order valence-electron chi connectivity index (χ1n) is 11.0. The van der Waals surface area contributed by atoms with Gasteiger partial charge in [0.25, 0.3) is 5.91 Å². The third-order valence-electron chi connectivity index (χ3n) is 6.24. The Morgan fingerprint density at radius 3 is 2.23 bits per heavy atom. The Hall–Kier alpha value is -3.09. The van der Waals surface area contributed by atoms with Crippen molar-refractivity contribution in [2.45, 2.75) is 32.7 Å². The summed E-state index contributed by atoms with van der Waals surface area (Å²) in [6, 6.07) is 11.6. The molecule has 1 aromatic carbocycles. The highest BCUT2D eigenvalue weighted by Gasteiger charge is 2.38. The minimum absolute atomic E-state index is 0.00428. The van der Waals surface area contributed by atoms with E-state index < -0.39 is 0 Å². The number of hydrogen-bond donors (Lipinski definition) is 0. The molecule has 7 heteroatoms. The predicted molar refractivity (Wildman–Crippen MR) is 118 cm³/mol. The van der Waals surface area contributed by atoms with Crippen molar-refractivity contribution in [1.82, 2.24) is 19.3 Å². The SMILES string of the molecule is CC(C)N1CC(C(=O)N2CCCN(C(=O)c3ccc(-n4cccc4)cc3)CC2)CC1=O. The van der Waals surface area contributed by atoms with Gasteiger partial charge in [-0.15, -0.1) is 0 Å². The van der Waals surface area contributed by atoms with Gasteiger partial charge in [0.05, 0.1) is 5.92 Å². The van der Waals surface area contributed by atoms with Gasteiger partial charge in [0, 0.05) is 68.8 Å². The van der Waals surface area contributed by atoms with Gasteiger partial charge >= 0.3 is 0 Å². The van der Waals surface area contributed by atoms with Crippen molar-refractivity contribution < 1.29 is 14.4 Å². The highest BCUT2D eigenvalue weighted by Crippen LogP contribution is 2.23. The fourth-order valence-corrected chi connectivity index (χ4v) is 4.46. The molecule has 31 heavy (non-hydrogen) atoms. The fourth-order valence-electron chi connectivity index (χ4n) is 4.46. The van der Waals surface area contributed by atoms with Gasteiger partial charge in [0.2, 0.25) is 11.8 Å². The van der Waals surface area contributed by atoms with Crippen molar-refractivity contribution in [1.29, 1.82) is 0 Å².